The summed E-state index contributed by atoms with van der Waals surface area (Å²) in [6.45, 7) is 0. The van der Waals surface area contributed by atoms with E-state index in [0.29, 0.717) is 22.6 Å². The molecule has 116 valence electrons. The van der Waals surface area contributed by atoms with Crippen LogP contribution in [0.2, 0.25) is 0 Å². The molecule has 23 heavy (non-hydrogen) atoms. The number of benzene rings is 2. The molecule has 3 rings (SSSR count). The molecule has 1 heterocycles. The second-order valence-electron chi connectivity index (χ2n) is 4.86. The van der Waals surface area contributed by atoms with Crippen molar-refractivity contribution in [3.63, 3.8) is 0 Å². The first kappa shape index (κ1) is 15.2. The molecule has 0 bridgehead atoms. The van der Waals surface area contributed by atoms with E-state index in [9.17, 15) is 8.78 Å². The van der Waals surface area contributed by atoms with E-state index >= 15 is 0 Å². The first-order chi connectivity index (χ1) is 11.1. The molecule has 7 heteroatoms. The summed E-state index contributed by atoms with van der Waals surface area (Å²) in [5.41, 5.74) is 1.49. The van der Waals surface area contributed by atoms with E-state index in [-0.39, 0.29) is 11.6 Å². The zero-order valence-electron chi connectivity index (χ0n) is 11.9. The summed E-state index contributed by atoms with van der Waals surface area (Å²) in [6.07, 6.45) is 1.94. The fraction of sp³-hybridized carbons (Fsp3) is 0.0625. The van der Waals surface area contributed by atoms with Gasteiger partial charge in [-0.2, -0.15) is 14.9 Å². The Morgan fingerprint density at radius 3 is 2.65 bits per heavy atom. The van der Waals surface area contributed by atoms with Crippen LogP contribution in [0.1, 0.15) is 17.0 Å². The summed E-state index contributed by atoms with van der Waals surface area (Å²) in [4.78, 5) is 0. The van der Waals surface area contributed by atoms with Crippen molar-refractivity contribution in [1.82, 2.24) is 14.9 Å². The molecule has 4 nitrogen and oxygen atoms in total. The summed E-state index contributed by atoms with van der Waals surface area (Å²) in [5, 5.41) is 11.0. The molecular weight excluding hydrogens is 318 g/mol. The number of rotatable bonds is 4. The van der Waals surface area contributed by atoms with Gasteiger partial charge in [0.05, 0.1) is 6.21 Å². The first-order valence-corrected chi connectivity index (χ1v) is 7.23. The van der Waals surface area contributed by atoms with Crippen LogP contribution in [-0.4, -0.2) is 21.1 Å². The van der Waals surface area contributed by atoms with Crippen LogP contribution in [0.25, 0.3) is 0 Å². The molecule has 0 saturated heterocycles. The van der Waals surface area contributed by atoms with Crippen LogP contribution < -0.4 is 0 Å². The van der Waals surface area contributed by atoms with Gasteiger partial charge in [0.1, 0.15) is 11.6 Å². The summed E-state index contributed by atoms with van der Waals surface area (Å²) >= 11 is 5.15. The van der Waals surface area contributed by atoms with Crippen LogP contribution in [-0.2, 0) is 6.42 Å². The van der Waals surface area contributed by atoms with Crippen molar-refractivity contribution in [2.75, 3.05) is 0 Å². The smallest absolute Gasteiger partial charge is 0.216 e. The molecular formula is C16H12F2N4S. The lowest BCUT2D eigenvalue weighted by Crippen LogP contribution is -2.00. The van der Waals surface area contributed by atoms with Crippen LogP contribution in [0.3, 0.4) is 0 Å². The molecule has 2 aromatic carbocycles. The monoisotopic (exact) mass is 330 g/mol. The van der Waals surface area contributed by atoms with Gasteiger partial charge in [0.25, 0.3) is 0 Å². The molecule has 0 atom stereocenters. The third-order valence-corrected chi connectivity index (χ3v) is 3.43. The van der Waals surface area contributed by atoms with Gasteiger partial charge in [-0.05, 0) is 47.6 Å². The van der Waals surface area contributed by atoms with E-state index in [0.717, 1.165) is 5.56 Å². The minimum Gasteiger partial charge on any atom is -0.250 e. The second-order valence-corrected chi connectivity index (χ2v) is 5.25. The van der Waals surface area contributed by atoms with E-state index in [1.165, 1.54) is 35.2 Å². The highest BCUT2D eigenvalue weighted by atomic mass is 32.1. The molecule has 0 spiro atoms. The Kier molecular flexibility index (Phi) is 4.38. The fourth-order valence-electron chi connectivity index (χ4n) is 2.05. The van der Waals surface area contributed by atoms with Crippen molar-refractivity contribution in [3.05, 3.63) is 81.9 Å². The topological polar surface area (TPSA) is 46.0 Å². The Labute approximate surface area is 136 Å². The molecule has 0 saturated carbocycles. The zero-order chi connectivity index (χ0) is 16.2. The van der Waals surface area contributed by atoms with Crippen LogP contribution in [0.5, 0.6) is 0 Å². The van der Waals surface area contributed by atoms with Crippen molar-refractivity contribution in [2.45, 2.75) is 6.42 Å². The third kappa shape index (κ3) is 3.75. The molecule has 0 amide bonds. The van der Waals surface area contributed by atoms with Gasteiger partial charge in [0.2, 0.25) is 4.77 Å². The Hall–Kier alpha value is -2.67. The highest BCUT2D eigenvalue weighted by Gasteiger charge is 2.06. The van der Waals surface area contributed by atoms with Gasteiger partial charge in [-0.25, -0.2) is 8.78 Å². The molecule has 0 aliphatic heterocycles. The van der Waals surface area contributed by atoms with Crippen molar-refractivity contribution in [3.8, 4) is 0 Å². The third-order valence-electron chi connectivity index (χ3n) is 3.16. The summed E-state index contributed by atoms with van der Waals surface area (Å²) in [5.74, 6) is -0.0534. The first-order valence-electron chi connectivity index (χ1n) is 6.82. The number of halogens is 2. The molecule has 1 N–H and O–H groups in total. The largest absolute Gasteiger partial charge is 0.250 e. The van der Waals surface area contributed by atoms with Crippen LogP contribution >= 0.6 is 12.2 Å². The van der Waals surface area contributed by atoms with Gasteiger partial charge in [-0.1, -0.05) is 24.3 Å². The molecule has 3 aromatic rings. The number of hydrogen-bond donors (Lipinski definition) is 1. The highest BCUT2D eigenvalue weighted by molar-refractivity contribution is 7.71. The highest BCUT2D eigenvalue weighted by Crippen LogP contribution is 2.09. The Morgan fingerprint density at radius 2 is 1.91 bits per heavy atom. The minimum absolute atomic E-state index is 0.295. The lowest BCUT2D eigenvalue weighted by molar-refractivity contribution is 0.626. The molecule has 0 aliphatic rings. The van der Waals surface area contributed by atoms with Crippen molar-refractivity contribution >= 4 is 18.4 Å². The van der Waals surface area contributed by atoms with Crippen LogP contribution in [0.4, 0.5) is 8.78 Å². The van der Waals surface area contributed by atoms with E-state index in [1.807, 2.05) is 0 Å². The van der Waals surface area contributed by atoms with E-state index in [2.05, 4.69) is 15.3 Å². The maximum absolute atomic E-state index is 13.2. The minimum atomic E-state index is -0.337. The predicted molar refractivity (Wildman–Crippen MR) is 86.0 cm³/mol. The van der Waals surface area contributed by atoms with E-state index < -0.39 is 0 Å². The predicted octanol–water partition coefficient (Wildman–Crippen LogP) is 3.69. The lowest BCUT2D eigenvalue weighted by atomic mass is 10.1. The van der Waals surface area contributed by atoms with Crippen molar-refractivity contribution < 1.29 is 8.78 Å². The van der Waals surface area contributed by atoms with Gasteiger partial charge >= 0.3 is 0 Å². The van der Waals surface area contributed by atoms with Crippen molar-refractivity contribution in [1.29, 1.82) is 0 Å². The Balaban J connectivity index is 1.87. The van der Waals surface area contributed by atoms with Gasteiger partial charge in [0.15, 0.2) is 5.82 Å². The summed E-state index contributed by atoms with van der Waals surface area (Å²) in [6, 6.07) is 12.2. The van der Waals surface area contributed by atoms with E-state index in [1.54, 1.807) is 24.3 Å². The van der Waals surface area contributed by atoms with Gasteiger partial charge in [0, 0.05) is 6.42 Å². The number of nitrogens with zero attached hydrogens (tertiary/aromatic N) is 3. The number of H-pyrrole nitrogens is 1. The number of hydrogen-bond acceptors (Lipinski definition) is 3. The Bertz CT molecular complexity index is 897. The molecule has 0 fully saturated rings. The zero-order valence-corrected chi connectivity index (χ0v) is 12.7. The van der Waals surface area contributed by atoms with Crippen LogP contribution in [0, 0.1) is 16.4 Å². The van der Waals surface area contributed by atoms with Crippen molar-refractivity contribution in [2.24, 2.45) is 5.10 Å². The molecule has 0 unspecified atom stereocenters. The molecule has 0 aliphatic carbocycles. The lowest BCUT2D eigenvalue weighted by Gasteiger charge is -2.01. The average Bonchev–Trinajstić information content (AvgIpc) is 2.88. The summed E-state index contributed by atoms with van der Waals surface area (Å²) in [7, 11) is 0. The maximum atomic E-state index is 13.2. The standard InChI is InChI=1S/C16H12F2N4S/c17-13-6-4-11(5-7-13)9-15-20-21-16(23)22(15)19-10-12-2-1-3-14(18)8-12/h1-8,10H,9H2,(H,21,23)/b19-10-. The van der Waals surface area contributed by atoms with Gasteiger partial charge in [-0.15, -0.1) is 0 Å². The van der Waals surface area contributed by atoms with E-state index in [4.69, 9.17) is 12.2 Å². The average molecular weight is 330 g/mol. The fourth-order valence-corrected chi connectivity index (χ4v) is 2.25. The van der Waals surface area contributed by atoms with Crippen LogP contribution in [0.15, 0.2) is 53.6 Å². The number of aromatic amines is 1. The quantitative estimate of drug-likeness (QED) is 0.586. The summed E-state index contributed by atoms with van der Waals surface area (Å²) < 4.78 is 27.9. The number of nitrogens with one attached hydrogen (secondary N) is 1. The maximum Gasteiger partial charge on any atom is 0.216 e. The second kappa shape index (κ2) is 6.62. The SMILES string of the molecule is Fc1ccc(Cc2n[nH]c(=S)n2/N=C\c2cccc(F)c2)cc1. The molecule has 1 aromatic heterocycles. The number of aromatic nitrogens is 3. The normalized spacial score (nSPS) is 11.2. The Morgan fingerprint density at radius 1 is 1.13 bits per heavy atom. The van der Waals surface area contributed by atoms with Gasteiger partial charge in [-0.3, -0.25) is 5.10 Å². The molecule has 0 radical (unpaired) electrons. The van der Waals surface area contributed by atoms with Gasteiger partial charge < -0.3 is 0 Å².